The van der Waals surface area contributed by atoms with Gasteiger partial charge in [0.05, 0.1) is 6.07 Å². The van der Waals surface area contributed by atoms with Crippen molar-refractivity contribution in [3.8, 4) is 6.07 Å². The highest BCUT2D eigenvalue weighted by atomic mass is 35.5. The Labute approximate surface area is 124 Å². The normalized spacial score (nSPS) is 19.1. The van der Waals surface area contributed by atoms with Gasteiger partial charge in [0.25, 0.3) is 0 Å². The van der Waals surface area contributed by atoms with Crippen LogP contribution in [0.25, 0.3) is 0 Å². The second kappa shape index (κ2) is 6.58. The SMILES string of the molecule is CCN1CCN(C(C#N)c2c(Cl)cccc2Cl)CC1. The largest absolute Gasteiger partial charge is 0.301 e. The van der Waals surface area contributed by atoms with Crippen LogP contribution in [0.4, 0.5) is 0 Å². The van der Waals surface area contributed by atoms with Gasteiger partial charge in [0.2, 0.25) is 0 Å². The third-order valence-corrected chi connectivity index (χ3v) is 4.27. The van der Waals surface area contributed by atoms with Gasteiger partial charge in [-0.1, -0.05) is 36.2 Å². The van der Waals surface area contributed by atoms with E-state index in [1.54, 1.807) is 18.2 Å². The lowest BCUT2D eigenvalue weighted by Crippen LogP contribution is -2.47. The van der Waals surface area contributed by atoms with Gasteiger partial charge in [-0.2, -0.15) is 5.26 Å². The van der Waals surface area contributed by atoms with Crippen LogP contribution in [0.5, 0.6) is 0 Å². The monoisotopic (exact) mass is 297 g/mol. The van der Waals surface area contributed by atoms with E-state index in [1.807, 2.05) is 0 Å². The number of hydrogen-bond acceptors (Lipinski definition) is 3. The first-order chi connectivity index (χ1) is 9.17. The molecular weight excluding hydrogens is 281 g/mol. The van der Waals surface area contributed by atoms with E-state index in [9.17, 15) is 5.26 Å². The van der Waals surface area contributed by atoms with Gasteiger partial charge < -0.3 is 4.90 Å². The van der Waals surface area contributed by atoms with Gasteiger partial charge in [-0.15, -0.1) is 0 Å². The van der Waals surface area contributed by atoms with Crippen molar-refractivity contribution in [2.45, 2.75) is 13.0 Å². The summed E-state index contributed by atoms with van der Waals surface area (Å²) in [5, 5.41) is 10.6. The molecule has 5 heteroatoms. The molecule has 1 aliphatic rings. The van der Waals surface area contributed by atoms with Gasteiger partial charge in [-0.05, 0) is 18.7 Å². The zero-order valence-electron chi connectivity index (χ0n) is 10.9. The molecule has 1 saturated heterocycles. The molecule has 2 rings (SSSR count). The highest BCUT2D eigenvalue weighted by molar-refractivity contribution is 6.36. The summed E-state index contributed by atoms with van der Waals surface area (Å²) < 4.78 is 0. The van der Waals surface area contributed by atoms with Gasteiger partial charge in [-0.25, -0.2) is 0 Å². The van der Waals surface area contributed by atoms with Crippen LogP contribution in [-0.4, -0.2) is 42.5 Å². The molecule has 1 fully saturated rings. The van der Waals surface area contributed by atoms with Crippen LogP contribution in [0.15, 0.2) is 18.2 Å². The first-order valence-electron chi connectivity index (χ1n) is 6.47. The molecule has 0 radical (unpaired) electrons. The molecule has 1 aliphatic heterocycles. The van der Waals surface area contributed by atoms with E-state index < -0.39 is 0 Å². The van der Waals surface area contributed by atoms with Gasteiger partial charge in [-0.3, -0.25) is 4.90 Å². The van der Waals surface area contributed by atoms with Crippen LogP contribution >= 0.6 is 23.2 Å². The minimum absolute atomic E-state index is 0.361. The molecule has 19 heavy (non-hydrogen) atoms. The van der Waals surface area contributed by atoms with Crippen LogP contribution in [0, 0.1) is 11.3 Å². The topological polar surface area (TPSA) is 30.3 Å². The fraction of sp³-hybridized carbons (Fsp3) is 0.500. The van der Waals surface area contributed by atoms with Crippen molar-refractivity contribution in [2.24, 2.45) is 0 Å². The van der Waals surface area contributed by atoms with E-state index in [-0.39, 0.29) is 6.04 Å². The van der Waals surface area contributed by atoms with Gasteiger partial charge in [0.1, 0.15) is 6.04 Å². The summed E-state index contributed by atoms with van der Waals surface area (Å²) in [5.74, 6) is 0. The molecular formula is C14H17Cl2N3. The number of hydrogen-bond donors (Lipinski definition) is 0. The van der Waals surface area contributed by atoms with E-state index in [0.29, 0.717) is 10.0 Å². The van der Waals surface area contributed by atoms with Crippen molar-refractivity contribution >= 4 is 23.2 Å². The summed E-state index contributed by atoms with van der Waals surface area (Å²) in [6, 6.07) is 7.36. The molecule has 1 atom stereocenters. The summed E-state index contributed by atoms with van der Waals surface area (Å²) in [6.45, 7) is 6.91. The quantitative estimate of drug-likeness (QED) is 0.858. The Morgan fingerprint density at radius 2 is 1.79 bits per heavy atom. The Morgan fingerprint density at radius 1 is 1.21 bits per heavy atom. The molecule has 3 nitrogen and oxygen atoms in total. The highest BCUT2D eigenvalue weighted by Gasteiger charge is 2.27. The van der Waals surface area contributed by atoms with E-state index in [2.05, 4.69) is 22.8 Å². The first kappa shape index (κ1) is 14.6. The second-order valence-corrected chi connectivity index (χ2v) is 5.45. The molecule has 0 spiro atoms. The molecule has 1 unspecified atom stereocenters. The van der Waals surface area contributed by atoms with Crippen LogP contribution in [-0.2, 0) is 0 Å². The molecule has 0 aromatic heterocycles. The smallest absolute Gasteiger partial charge is 0.126 e. The van der Waals surface area contributed by atoms with E-state index in [0.717, 1.165) is 38.3 Å². The maximum Gasteiger partial charge on any atom is 0.126 e. The molecule has 0 amide bonds. The summed E-state index contributed by atoms with van der Waals surface area (Å²) in [5.41, 5.74) is 0.735. The zero-order valence-corrected chi connectivity index (χ0v) is 12.5. The number of benzene rings is 1. The van der Waals surface area contributed by atoms with Crippen LogP contribution < -0.4 is 0 Å². The third-order valence-electron chi connectivity index (χ3n) is 3.61. The van der Waals surface area contributed by atoms with Crippen molar-refractivity contribution < 1.29 is 0 Å². The minimum atomic E-state index is -0.361. The van der Waals surface area contributed by atoms with Gasteiger partial charge >= 0.3 is 0 Å². The number of rotatable bonds is 3. The van der Waals surface area contributed by atoms with Crippen LogP contribution in [0.2, 0.25) is 10.0 Å². The molecule has 0 N–H and O–H groups in total. The zero-order chi connectivity index (χ0) is 13.8. The maximum atomic E-state index is 9.48. The van der Waals surface area contributed by atoms with Gasteiger partial charge in [0, 0.05) is 41.8 Å². The summed E-state index contributed by atoms with van der Waals surface area (Å²) in [7, 11) is 0. The Kier molecular flexibility index (Phi) is 5.06. The molecule has 0 aliphatic carbocycles. The number of nitrogens with zero attached hydrogens (tertiary/aromatic N) is 3. The standard InChI is InChI=1S/C14H17Cl2N3/c1-2-18-6-8-19(9-7-18)13(10-17)14-11(15)4-3-5-12(14)16/h3-5,13H,2,6-9H2,1H3. The predicted octanol–water partition coefficient (Wildman–Crippen LogP) is 3.20. The Bertz CT molecular complexity index is 456. The Morgan fingerprint density at radius 3 is 2.26 bits per heavy atom. The van der Waals surface area contributed by atoms with E-state index >= 15 is 0 Å². The Hall–Kier alpha value is -0.790. The summed E-state index contributed by atoms with van der Waals surface area (Å²) in [4.78, 5) is 4.53. The number of halogens is 2. The molecule has 1 aromatic rings. The highest BCUT2D eigenvalue weighted by Crippen LogP contribution is 2.33. The van der Waals surface area contributed by atoms with E-state index in [4.69, 9.17) is 23.2 Å². The van der Waals surface area contributed by atoms with Crippen LogP contribution in [0.1, 0.15) is 18.5 Å². The average Bonchev–Trinajstić information content (AvgIpc) is 2.43. The lowest BCUT2D eigenvalue weighted by Gasteiger charge is -2.36. The van der Waals surface area contributed by atoms with Crippen molar-refractivity contribution in [3.05, 3.63) is 33.8 Å². The van der Waals surface area contributed by atoms with Crippen molar-refractivity contribution in [3.63, 3.8) is 0 Å². The Balaban J connectivity index is 2.20. The maximum absolute atomic E-state index is 9.48. The average molecular weight is 298 g/mol. The summed E-state index contributed by atoms with van der Waals surface area (Å²) in [6.07, 6.45) is 0. The molecule has 102 valence electrons. The predicted molar refractivity (Wildman–Crippen MR) is 78.5 cm³/mol. The third kappa shape index (κ3) is 3.21. The molecule has 0 bridgehead atoms. The minimum Gasteiger partial charge on any atom is -0.301 e. The molecule has 1 aromatic carbocycles. The second-order valence-electron chi connectivity index (χ2n) is 4.64. The number of likely N-dealkylation sites (N-methyl/N-ethyl adjacent to an activating group) is 1. The lowest BCUT2D eigenvalue weighted by molar-refractivity contribution is 0.118. The van der Waals surface area contributed by atoms with Crippen LogP contribution in [0.3, 0.4) is 0 Å². The number of nitriles is 1. The molecule has 1 heterocycles. The fourth-order valence-electron chi connectivity index (χ4n) is 2.44. The lowest BCUT2D eigenvalue weighted by atomic mass is 10.1. The van der Waals surface area contributed by atoms with Crippen molar-refractivity contribution in [2.75, 3.05) is 32.7 Å². The van der Waals surface area contributed by atoms with Gasteiger partial charge in [0.15, 0.2) is 0 Å². The van der Waals surface area contributed by atoms with Crippen molar-refractivity contribution in [1.82, 2.24) is 9.80 Å². The number of piperazine rings is 1. The summed E-state index contributed by atoms with van der Waals surface area (Å²) >= 11 is 12.4. The van der Waals surface area contributed by atoms with Crippen molar-refractivity contribution in [1.29, 1.82) is 5.26 Å². The first-order valence-corrected chi connectivity index (χ1v) is 7.23. The fourth-order valence-corrected chi connectivity index (χ4v) is 3.04. The molecule has 0 saturated carbocycles. The van der Waals surface area contributed by atoms with E-state index in [1.165, 1.54) is 0 Å².